The Labute approximate surface area is 110 Å². The van der Waals surface area contributed by atoms with Gasteiger partial charge in [-0.05, 0) is 19.9 Å². The van der Waals surface area contributed by atoms with Crippen LogP contribution in [0.5, 0.6) is 0 Å². The van der Waals surface area contributed by atoms with Gasteiger partial charge in [0.25, 0.3) is 5.91 Å². The van der Waals surface area contributed by atoms with Crippen LogP contribution in [-0.2, 0) is 6.54 Å². The van der Waals surface area contributed by atoms with Crippen LogP contribution < -0.4 is 16.8 Å². The van der Waals surface area contributed by atoms with Gasteiger partial charge in [0.1, 0.15) is 5.82 Å². The SMILES string of the molecule is Cc1cc(NCc2cn[nH]c2N)c(C(N)=O)c(C)n1. The minimum Gasteiger partial charge on any atom is -0.384 e. The number of carbonyl (C=O) groups is 1. The Balaban J connectivity index is 2.29. The summed E-state index contributed by atoms with van der Waals surface area (Å²) in [4.78, 5) is 15.7. The highest BCUT2D eigenvalue weighted by Crippen LogP contribution is 2.20. The van der Waals surface area contributed by atoms with E-state index in [1.807, 2.05) is 6.92 Å². The maximum atomic E-state index is 11.5. The number of nitrogens with two attached hydrogens (primary N) is 2. The van der Waals surface area contributed by atoms with Gasteiger partial charge in [-0.3, -0.25) is 14.9 Å². The summed E-state index contributed by atoms with van der Waals surface area (Å²) in [7, 11) is 0. The molecule has 2 aromatic rings. The molecule has 0 bridgehead atoms. The van der Waals surface area contributed by atoms with E-state index in [2.05, 4.69) is 20.5 Å². The summed E-state index contributed by atoms with van der Waals surface area (Å²) in [5.41, 5.74) is 14.4. The van der Waals surface area contributed by atoms with Crippen molar-refractivity contribution in [1.29, 1.82) is 0 Å². The first-order chi connectivity index (χ1) is 8.99. The number of primary amides is 1. The average molecular weight is 260 g/mol. The molecule has 0 saturated carbocycles. The number of aryl methyl sites for hydroxylation is 2. The first kappa shape index (κ1) is 12.9. The second kappa shape index (κ2) is 4.97. The third kappa shape index (κ3) is 2.65. The number of hydrogen-bond acceptors (Lipinski definition) is 5. The topological polar surface area (TPSA) is 123 Å². The van der Waals surface area contributed by atoms with Crippen LogP contribution in [0, 0.1) is 13.8 Å². The van der Waals surface area contributed by atoms with Gasteiger partial charge in [0.2, 0.25) is 0 Å². The van der Waals surface area contributed by atoms with Crippen molar-refractivity contribution in [2.75, 3.05) is 11.1 Å². The molecule has 0 fully saturated rings. The van der Waals surface area contributed by atoms with E-state index in [0.717, 1.165) is 11.3 Å². The van der Waals surface area contributed by atoms with Crippen molar-refractivity contribution in [3.05, 3.63) is 34.8 Å². The number of anilines is 2. The molecule has 0 spiro atoms. The van der Waals surface area contributed by atoms with Crippen LogP contribution in [0.4, 0.5) is 11.5 Å². The van der Waals surface area contributed by atoms with Crippen LogP contribution in [-0.4, -0.2) is 21.1 Å². The molecule has 6 N–H and O–H groups in total. The molecule has 100 valence electrons. The minimum atomic E-state index is -0.507. The Hall–Kier alpha value is -2.57. The molecule has 2 heterocycles. The van der Waals surface area contributed by atoms with Gasteiger partial charge in [0, 0.05) is 17.8 Å². The van der Waals surface area contributed by atoms with Gasteiger partial charge in [0.05, 0.1) is 23.1 Å². The van der Waals surface area contributed by atoms with Gasteiger partial charge in [-0.15, -0.1) is 0 Å². The van der Waals surface area contributed by atoms with Crippen LogP contribution in [0.1, 0.15) is 27.3 Å². The number of aromatic amines is 1. The van der Waals surface area contributed by atoms with Gasteiger partial charge >= 0.3 is 0 Å². The van der Waals surface area contributed by atoms with E-state index < -0.39 is 5.91 Å². The highest BCUT2D eigenvalue weighted by atomic mass is 16.1. The fourth-order valence-corrected chi connectivity index (χ4v) is 1.93. The number of H-pyrrole nitrogens is 1. The zero-order chi connectivity index (χ0) is 14.0. The van der Waals surface area contributed by atoms with E-state index in [9.17, 15) is 4.79 Å². The molecule has 2 aromatic heterocycles. The molecule has 0 aliphatic heterocycles. The second-order valence-electron chi connectivity index (χ2n) is 4.30. The van der Waals surface area contributed by atoms with Crippen LogP contribution in [0.15, 0.2) is 12.3 Å². The summed E-state index contributed by atoms with van der Waals surface area (Å²) in [6, 6.07) is 1.78. The van der Waals surface area contributed by atoms with Crippen molar-refractivity contribution in [1.82, 2.24) is 15.2 Å². The molecule has 0 saturated heterocycles. The Morgan fingerprint density at radius 1 is 1.47 bits per heavy atom. The van der Waals surface area contributed by atoms with Crippen LogP contribution in [0.2, 0.25) is 0 Å². The van der Waals surface area contributed by atoms with Gasteiger partial charge in [0.15, 0.2) is 0 Å². The quantitative estimate of drug-likeness (QED) is 0.645. The van der Waals surface area contributed by atoms with E-state index in [0.29, 0.717) is 29.3 Å². The lowest BCUT2D eigenvalue weighted by atomic mass is 10.1. The summed E-state index contributed by atoms with van der Waals surface area (Å²) < 4.78 is 0. The summed E-state index contributed by atoms with van der Waals surface area (Å²) >= 11 is 0. The van der Waals surface area contributed by atoms with Gasteiger partial charge in [-0.25, -0.2) is 0 Å². The van der Waals surface area contributed by atoms with E-state index in [-0.39, 0.29) is 0 Å². The van der Waals surface area contributed by atoms with Crippen molar-refractivity contribution in [3.63, 3.8) is 0 Å². The molecular formula is C12H16N6O. The monoisotopic (exact) mass is 260 g/mol. The van der Waals surface area contributed by atoms with Crippen molar-refractivity contribution in [2.45, 2.75) is 20.4 Å². The summed E-state index contributed by atoms with van der Waals surface area (Å²) in [6.45, 7) is 4.06. The van der Waals surface area contributed by atoms with Crippen LogP contribution >= 0.6 is 0 Å². The number of aromatic nitrogens is 3. The van der Waals surface area contributed by atoms with Gasteiger partial charge in [-0.1, -0.05) is 0 Å². The summed E-state index contributed by atoms with van der Waals surface area (Å²) in [5.74, 6) is -0.0108. The number of amides is 1. The fourth-order valence-electron chi connectivity index (χ4n) is 1.93. The first-order valence-electron chi connectivity index (χ1n) is 5.78. The Bertz CT molecular complexity index is 619. The largest absolute Gasteiger partial charge is 0.384 e. The van der Waals surface area contributed by atoms with E-state index in [1.54, 1.807) is 19.2 Å². The first-order valence-corrected chi connectivity index (χ1v) is 5.78. The molecule has 19 heavy (non-hydrogen) atoms. The number of nitrogen functional groups attached to an aromatic ring is 1. The van der Waals surface area contributed by atoms with Crippen molar-refractivity contribution in [2.24, 2.45) is 5.73 Å². The van der Waals surface area contributed by atoms with E-state index >= 15 is 0 Å². The summed E-state index contributed by atoms with van der Waals surface area (Å²) in [6.07, 6.45) is 1.63. The highest BCUT2D eigenvalue weighted by Gasteiger charge is 2.14. The average Bonchev–Trinajstić information content (AvgIpc) is 2.70. The molecule has 0 aliphatic carbocycles. The lowest BCUT2D eigenvalue weighted by Crippen LogP contribution is -2.17. The van der Waals surface area contributed by atoms with Crippen molar-refractivity contribution < 1.29 is 4.79 Å². The molecular weight excluding hydrogens is 244 g/mol. The number of carbonyl (C=O) groups excluding carboxylic acids is 1. The molecule has 0 aromatic carbocycles. The third-order valence-corrected chi connectivity index (χ3v) is 2.80. The predicted octanol–water partition coefficient (Wildman–Crippen LogP) is 0.715. The minimum absolute atomic E-state index is 0.396. The van der Waals surface area contributed by atoms with Crippen molar-refractivity contribution >= 4 is 17.4 Å². The van der Waals surface area contributed by atoms with Gasteiger partial charge in [-0.2, -0.15) is 5.10 Å². The van der Waals surface area contributed by atoms with E-state index in [4.69, 9.17) is 11.5 Å². The number of rotatable bonds is 4. The zero-order valence-corrected chi connectivity index (χ0v) is 10.8. The van der Waals surface area contributed by atoms with Gasteiger partial charge < -0.3 is 16.8 Å². The maximum Gasteiger partial charge on any atom is 0.252 e. The molecule has 0 atom stereocenters. The number of hydrogen-bond donors (Lipinski definition) is 4. The lowest BCUT2D eigenvalue weighted by Gasteiger charge is -2.12. The second-order valence-corrected chi connectivity index (χ2v) is 4.30. The Morgan fingerprint density at radius 2 is 2.21 bits per heavy atom. The lowest BCUT2D eigenvalue weighted by molar-refractivity contribution is 0.1000. The molecule has 7 heteroatoms. The Morgan fingerprint density at radius 3 is 2.79 bits per heavy atom. The maximum absolute atomic E-state index is 11.5. The van der Waals surface area contributed by atoms with E-state index in [1.165, 1.54) is 0 Å². The predicted molar refractivity (Wildman–Crippen MR) is 72.6 cm³/mol. The zero-order valence-electron chi connectivity index (χ0n) is 10.8. The smallest absolute Gasteiger partial charge is 0.252 e. The number of nitrogens with zero attached hydrogens (tertiary/aromatic N) is 2. The standard InChI is InChI=1S/C12H16N6O/c1-6-3-9(10(12(14)19)7(2)17-6)15-4-8-5-16-18-11(8)13/h3,5H,4H2,1-2H3,(H2,14,19)(H,15,17)(H3,13,16,18). The van der Waals surface area contributed by atoms with Crippen molar-refractivity contribution in [3.8, 4) is 0 Å². The molecule has 7 nitrogen and oxygen atoms in total. The number of pyridine rings is 1. The molecule has 0 radical (unpaired) electrons. The Kier molecular flexibility index (Phi) is 3.37. The van der Waals surface area contributed by atoms with Crippen LogP contribution in [0.3, 0.4) is 0 Å². The fraction of sp³-hybridized carbons (Fsp3) is 0.250. The third-order valence-electron chi connectivity index (χ3n) is 2.80. The summed E-state index contributed by atoms with van der Waals surface area (Å²) in [5, 5.41) is 9.62. The number of nitrogens with one attached hydrogen (secondary N) is 2. The molecule has 0 aliphatic rings. The normalized spacial score (nSPS) is 10.4. The molecule has 1 amide bonds. The highest BCUT2D eigenvalue weighted by molar-refractivity contribution is 5.99. The molecule has 2 rings (SSSR count). The van der Waals surface area contributed by atoms with Crippen LogP contribution in [0.25, 0.3) is 0 Å². The molecule has 0 unspecified atom stereocenters.